The first-order chi connectivity index (χ1) is 3.34. The van der Waals surface area contributed by atoms with Crippen molar-refractivity contribution in [3.63, 3.8) is 0 Å². The van der Waals surface area contributed by atoms with Crippen molar-refractivity contribution in [1.29, 1.82) is 0 Å². The van der Waals surface area contributed by atoms with Crippen LogP contribution in [0.2, 0.25) is 0 Å². The molecule has 0 radical (unpaired) electrons. The number of hydrogen-bond donors (Lipinski definition) is 0. The average molecular weight is 96.1 g/mol. The van der Waals surface area contributed by atoms with E-state index >= 15 is 0 Å². The predicted molar refractivity (Wildman–Crippen MR) is 28.0 cm³/mol. The van der Waals surface area contributed by atoms with Gasteiger partial charge in [-0.1, -0.05) is 6.08 Å². The third-order valence-corrected chi connectivity index (χ3v) is 1.33. The molecule has 1 nitrogen and oxygen atoms in total. The summed E-state index contributed by atoms with van der Waals surface area (Å²) in [6, 6.07) is 0. The minimum absolute atomic E-state index is 0.336. The highest BCUT2D eigenvalue weighted by Gasteiger charge is 2.17. The second kappa shape index (κ2) is 1.49. The molecule has 1 aliphatic carbocycles. The van der Waals surface area contributed by atoms with Crippen LogP contribution < -0.4 is 0 Å². The fourth-order valence-corrected chi connectivity index (χ4v) is 0.677. The van der Waals surface area contributed by atoms with Crippen LogP contribution in [0.3, 0.4) is 0 Å². The molecule has 0 N–H and O–H groups in total. The van der Waals surface area contributed by atoms with E-state index < -0.39 is 0 Å². The van der Waals surface area contributed by atoms with Crippen LogP contribution in [0.5, 0.6) is 0 Å². The summed E-state index contributed by atoms with van der Waals surface area (Å²) in [7, 11) is 0. The van der Waals surface area contributed by atoms with E-state index in [4.69, 9.17) is 0 Å². The van der Waals surface area contributed by atoms with E-state index in [9.17, 15) is 4.79 Å². The van der Waals surface area contributed by atoms with Gasteiger partial charge in [0, 0.05) is 6.42 Å². The van der Waals surface area contributed by atoms with Gasteiger partial charge in [-0.05, 0) is 18.9 Å². The molecule has 0 saturated heterocycles. The van der Waals surface area contributed by atoms with Gasteiger partial charge in [-0.15, -0.1) is 0 Å². The van der Waals surface area contributed by atoms with Crippen molar-refractivity contribution in [1.82, 2.24) is 0 Å². The zero-order chi connectivity index (χ0) is 5.28. The fraction of sp³-hybridized carbons (Fsp3) is 0.500. The maximum Gasteiger partial charge on any atom is 0.158 e. The summed E-state index contributed by atoms with van der Waals surface area (Å²) in [6.45, 7) is 1.91. The maximum atomic E-state index is 10.4. The zero-order valence-corrected chi connectivity index (χ0v) is 4.40. The summed E-state index contributed by atoms with van der Waals surface area (Å²) in [5, 5.41) is 0. The standard InChI is InChI=1S/C6H8O/c1-2-5-3-4-6(5)7/h2H,3-4H2,1H3. The van der Waals surface area contributed by atoms with Crippen LogP contribution >= 0.6 is 0 Å². The molecule has 1 rings (SSSR count). The second-order valence-electron chi connectivity index (χ2n) is 1.74. The van der Waals surface area contributed by atoms with E-state index in [-0.39, 0.29) is 0 Å². The van der Waals surface area contributed by atoms with Gasteiger partial charge in [0.05, 0.1) is 0 Å². The van der Waals surface area contributed by atoms with E-state index in [0.717, 1.165) is 18.4 Å². The molecule has 0 amide bonds. The molecule has 0 unspecified atom stereocenters. The largest absolute Gasteiger partial charge is 0.295 e. The van der Waals surface area contributed by atoms with Gasteiger partial charge in [-0.25, -0.2) is 0 Å². The third kappa shape index (κ3) is 0.581. The lowest BCUT2D eigenvalue weighted by Gasteiger charge is -2.12. The summed E-state index contributed by atoms with van der Waals surface area (Å²) in [5.74, 6) is 0.336. The Balaban J connectivity index is 2.61. The van der Waals surface area contributed by atoms with Gasteiger partial charge in [-0.2, -0.15) is 0 Å². The molecule has 0 heterocycles. The van der Waals surface area contributed by atoms with Crippen molar-refractivity contribution < 1.29 is 4.79 Å². The Kier molecular flexibility index (Phi) is 0.970. The van der Waals surface area contributed by atoms with Crippen molar-refractivity contribution in [2.75, 3.05) is 0 Å². The van der Waals surface area contributed by atoms with Gasteiger partial charge in [0.2, 0.25) is 0 Å². The van der Waals surface area contributed by atoms with Crippen LogP contribution in [-0.4, -0.2) is 5.78 Å². The Bertz CT molecular complexity index is 122. The van der Waals surface area contributed by atoms with Gasteiger partial charge in [-0.3, -0.25) is 4.79 Å². The van der Waals surface area contributed by atoms with E-state index in [1.165, 1.54) is 0 Å². The van der Waals surface area contributed by atoms with E-state index in [1.54, 1.807) is 0 Å². The van der Waals surface area contributed by atoms with Crippen molar-refractivity contribution >= 4 is 5.78 Å². The summed E-state index contributed by atoms with van der Waals surface area (Å²) >= 11 is 0. The molecule has 1 heteroatoms. The van der Waals surface area contributed by atoms with Gasteiger partial charge in [0.25, 0.3) is 0 Å². The maximum absolute atomic E-state index is 10.4. The Labute approximate surface area is 43.0 Å². The molecule has 1 aliphatic rings. The summed E-state index contributed by atoms with van der Waals surface area (Å²) in [5.41, 5.74) is 1.01. The molecule has 0 atom stereocenters. The van der Waals surface area contributed by atoms with Gasteiger partial charge >= 0.3 is 0 Å². The number of hydrogen-bond acceptors (Lipinski definition) is 1. The lowest BCUT2D eigenvalue weighted by Crippen LogP contribution is -2.13. The van der Waals surface area contributed by atoms with Crippen LogP contribution in [0.25, 0.3) is 0 Å². The van der Waals surface area contributed by atoms with Crippen molar-refractivity contribution in [2.45, 2.75) is 19.8 Å². The highest BCUT2D eigenvalue weighted by Crippen LogP contribution is 2.19. The molecule has 0 aromatic heterocycles. The predicted octanol–water partition coefficient (Wildman–Crippen LogP) is 1.30. The fourth-order valence-electron chi connectivity index (χ4n) is 0.677. The number of rotatable bonds is 0. The van der Waals surface area contributed by atoms with Gasteiger partial charge < -0.3 is 0 Å². The van der Waals surface area contributed by atoms with Crippen molar-refractivity contribution in [3.8, 4) is 0 Å². The molecule has 0 bridgehead atoms. The highest BCUT2D eigenvalue weighted by molar-refractivity contribution is 6.01. The lowest BCUT2D eigenvalue weighted by atomic mass is 9.91. The zero-order valence-electron chi connectivity index (χ0n) is 4.40. The van der Waals surface area contributed by atoms with Crippen LogP contribution in [0.1, 0.15) is 19.8 Å². The second-order valence-corrected chi connectivity index (χ2v) is 1.74. The number of ketones is 1. The Morgan fingerprint density at radius 2 is 2.29 bits per heavy atom. The molecular formula is C6H8O. The molecule has 0 spiro atoms. The number of carbonyl (C=O) groups is 1. The molecule has 0 aromatic carbocycles. The van der Waals surface area contributed by atoms with E-state index in [0.29, 0.717) is 5.78 Å². The van der Waals surface area contributed by atoms with Crippen LogP contribution in [0, 0.1) is 0 Å². The molecule has 7 heavy (non-hydrogen) atoms. The van der Waals surface area contributed by atoms with Crippen molar-refractivity contribution in [2.24, 2.45) is 0 Å². The number of Topliss-reactive ketones (excluding diaryl/α,β-unsaturated/α-hetero) is 1. The molecule has 0 aliphatic heterocycles. The Hall–Kier alpha value is -0.590. The summed E-state index contributed by atoms with van der Waals surface area (Å²) < 4.78 is 0. The smallest absolute Gasteiger partial charge is 0.158 e. The summed E-state index contributed by atoms with van der Waals surface area (Å²) in [4.78, 5) is 10.4. The van der Waals surface area contributed by atoms with E-state index in [2.05, 4.69) is 0 Å². The number of carbonyl (C=O) groups excluding carboxylic acids is 1. The first-order valence-electron chi connectivity index (χ1n) is 2.53. The van der Waals surface area contributed by atoms with Crippen LogP contribution in [0.15, 0.2) is 11.6 Å². The third-order valence-electron chi connectivity index (χ3n) is 1.33. The Morgan fingerprint density at radius 1 is 1.57 bits per heavy atom. The molecule has 0 aromatic rings. The normalized spacial score (nSPS) is 25.3. The van der Waals surface area contributed by atoms with Gasteiger partial charge in [0.15, 0.2) is 5.78 Å². The first kappa shape index (κ1) is 4.57. The Morgan fingerprint density at radius 3 is 2.29 bits per heavy atom. The lowest BCUT2D eigenvalue weighted by molar-refractivity contribution is -0.118. The molecule has 1 saturated carbocycles. The van der Waals surface area contributed by atoms with Gasteiger partial charge in [0.1, 0.15) is 0 Å². The highest BCUT2D eigenvalue weighted by atomic mass is 16.1. The van der Waals surface area contributed by atoms with Crippen molar-refractivity contribution in [3.05, 3.63) is 11.6 Å². The monoisotopic (exact) mass is 96.1 g/mol. The summed E-state index contributed by atoms with van der Waals surface area (Å²) in [6.07, 6.45) is 3.68. The SMILES string of the molecule is CC=C1CCC1=O. The minimum Gasteiger partial charge on any atom is -0.295 e. The van der Waals surface area contributed by atoms with Crippen LogP contribution in [0.4, 0.5) is 0 Å². The molecule has 38 valence electrons. The van der Waals surface area contributed by atoms with Crippen LogP contribution in [-0.2, 0) is 4.79 Å². The van der Waals surface area contributed by atoms with E-state index in [1.807, 2.05) is 13.0 Å². The first-order valence-corrected chi connectivity index (χ1v) is 2.53. The minimum atomic E-state index is 0.336. The topological polar surface area (TPSA) is 17.1 Å². The average Bonchev–Trinajstić information content (AvgIpc) is 1.65. The molecule has 1 fully saturated rings. The molecular weight excluding hydrogens is 88.1 g/mol. The number of allylic oxidation sites excluding steroid dienone is 2. The quantitative estimate of drug-likeness (QED) is 0.415.